The van der Waals surface area contributed by atoms with Crippen LogP contribution in [0.15, 0.2) is 41.7 Å². The summed E-state index contributed by atoms with van der Waals surface area (Å²) in [6, 6.07) is 9.75. The Morgan fingerprint density at radius 2 is 1.92 bits per heavy atom. The highest BCUT2D eigenvalue weighted by atomic mass is 32.2. The van der Waals surface area contributed by atoms with Crippen LogP contribution < -0.4 is 4.74 Å². The maximum atomic E-state index is 5.17. The minimum absolute atomic E-state index is 0.682. The van der Waals surface area contributed by atoms with E-state index in [1.807, 2.05) is 47.9 Å². The number of nitrogens with zero attached hydrogens (tertiary/aromatic N) is 5. The molecule has 0 bridgehead atoms. The fourth-order valence-corrected chi connectivity index (χ4v) is 3.40. The number of thioether (sulfide) groups is 1. The molecule has 0 saturated carbocycles. The van der Waals surface area contributed by atoms with E-state index in [-0.39, 0.29) is 0 Å². The van der Waals surface area contributed by atoms with Crippen LogP contribution in [0.4, 0.5) is 0 Å². The van der Waals surface area contributed by atoms with E-state index in [9.17, 15) is 0 Å². The van der Waals surface area contributed by atoms with Crippen molar-refractivity contribution in [3.63, 3.8) is 0 Å². The second kappa shape index (κ2) is 6.80. The van der Waals surface area contributed by atoms with E-state index >= 15 is 0 Å². The molecule has 4 rings (SSSR count). The van der Waals surface area contributed by atoms with Gasteiger partial charge in [-0.1, -0.05) is 11.8 Å². The number of fused-ring (bicyclic) bond motifs is 1. The van der Waals surface area contributed by atoms with Crippen LogP contribution in [0.2, 0.25) is 0 Å². The third kappa shape index (κ3) is 3.28. The number of imidazole rings is 1. The summed E-state index contributed by atoms with van der Waals surface area (Å²) in [7, 11) is 1.65. The molecule has 0 saturated heterocycles. The molecule has 7 nitrogen and oxygen atoms in total. The molecule has 132 valence electrons. The topological polar surface area (TPSA) is 81.0 Å². The average molecular weight is 366 g/mol. The van der Waals surface area contributed by atoms with E-state index < -0.39 is 0 Å². The number of nitrogens with one attached hydrogen (secondary N) is 1. The molecule has 0 radical (unpaired) electrons. The van der Waals surface area contributed by atoms with Gasteiger partial charge in [0.2, 0.25) is 10.9 Å². The smallest absolute Gasteiger partial charge is 0.234 e. The van der Waals surface area contributed by atoms with Crippen molar-refractivity contribution in [2.45, 2.75) is 24.8 Å². The van der Waals surface area contributed by atoms with Crippen LogP contribution in [-0.4, -0.2) is 36.7 Å². The lowest BCUT2D eigenvalue weighted by Gasteiger charge is -1.99. The molecule has 8 heteroatoms. The largest absolute Gasteiger partial charge is 0.497 e. The zero-order chi connectivity index (χ0) is 18.1. The van der Waals surface area contributed by atoms with Gasteiger partial charge in [0.1, 0.15) is 5.75 Å². The van der Waals surface area contributed by atoms with Crippen molar-refractivity contribution in [3.05, 3.63) is 53.6 Å². The molecule has 0 amide bonds. The fourth-order valence-electron chi connectivity index (χ4n) is 2.72. The molecule has 0 aliphatic carbocycles. The van der Waals surface area contributed by atoms with Crippen LogP contribution in [0.3, 0.4) is 0 Å². The molecule has 0 unspecified atom stereocenters. The molecule has 3 aromatic heterocycles. The lowest BCUT2D eigenvalue weighted by Crippen LogP contribution is -1.94. The Morgan fingerprint density at radius 3 is 2.69 bits per heavy atom. The molecule has 1 aromatic carbocycles. The molecular weight excluding hydrogens is 348 g/mol. The Labute approximate surface area is 154 Å². The molecule has 4 aromatic rings. The molecule has 3 heterocycles. The molecule has 0 spiro atoms. The number of aryl methyl sites for hydroxylation is 2. The zero-order valence-electron chi connectivity index (χ0n) is 14.7. The van der Waals surface area contributed by atoms with Crippen molar-refractivity contribution in [3.8, 4) is 17.1 Å². The van der Waals surface area contributed by atoms with E-state index in [1.165, 1.54) is 0 Å². The van der Waals surface area contributed by atoms with Gasteiger partial charge in [-0.2, -0.15) is 0 Å². The first kappa shape index (κ1) is 16.6. The first-order valence-corrected chi connectivity index (χ1v) is 9.13. The van der Waals surface area contributed by atoms with E-state index in [1.54, 1.807) is 18.9 Å². The van der Waals surface area contributed by atoms with Crippen LogP contribution in [0.5, 0.6) is 5.75 Å². The third-order valence-electron chi connectivity index (χ3n) is 3.99. The standard InChI is InChI=1S/C18H18N6OS/c1-11-8-12(2)24-9-14(20-17(24)19-11)10-26-18-21-16(22-23-18)13-4-6-15(25-3)7-5-13/h4-9H,10H2,1-3H3,(H,21,22,23). The number of hydrogen-bond acceptors (Lipinski definition) is 6. The lowest BCUT2D eigenvalue weighted by atomic mass is 10.2. The Balaban J connectivity index is 1.48. The van der Waals surface area contributed by atoms with Gasteiger partial charge in [-0.05, 0) is 44.2 Å². The summed E-state index contributed by atoms with van der Waals surface area (Å²) >= 11 is 1.54. The van der Waals surface area contributed by atoms with Crippen molar-refractivity contribution in [2.75, 3.05) is 7.11 Å². The second-order valence-corrected chi connectivity index (χ2v) is 6.87. The summed E-state index contributed by atoms with van der Waals surface area (Å²) in [5.41, 5.74) is 4.01. The van der Waals surface area contributed by atoms with E-state index in [0.29, 0.717) is 10.9 Å². The van der Waals surface area contributed by atoms with Gasteiger partial charge in [-0.3, -0.25) is 9.50 Å². The predicted octanol–water partition coefficient (Wildman–Crippen LogP) is 3.43. The first-order chi connectivity index (χ1) is 12.6. The number of hydrogen-bond donors (Lipinski definition) is 1. The van der Waals surface area contributed by atoms with Crippen molar-refractivity contribution in [1.29, 1.82) is 0 Å². The summed E-state index contributed by atoms with van der Waals surface area (Å²) in [6.07, 6.45) is 2.02. The minimum Gasteiger partial charge on any atom is -0.497 e. The van der Waals surface area contributed by atoms with Gasteiger partial charge in [0, 0.05) is 28.9 Å². The number of aromatic nitrogens is 6. The third-order valence-corrected chi connectivity index (χ3v) is 4.87. The van der Waals surface area contributed by atoms with Gasteiger partial charge in [-0.15, -0.1) is 5.10 Å². The number of benzene rings is 1. The fraction of sp³-hybridized carbons (Fsp3) is 0.222. The highest BCUT2D eigenvalue weighted by molar-refractivity contribution is 7.98. The molecule has 26 heavy (non-hydrogen) atoms. The van der Waals surface area contributed by atoms with Crippen molar-refractivity contribution >= 4 is 17.5 Å². The predicted molar refractivity (Wildman–Crippen MR) is 100 cm³/mol. The summed E-state index contributed by atoms with van der Waals surface area (Å²) in [5.74, 6) is 2.96. The van der Waals surface area contributed by atoms with Crippen LogP contribution in [0, 0.1) is 13.8 Å². The number of methoxy groups -OCH3 is 1. The minimum atomic E-state index is 0.682. The molecular formula is C18H18N6OS. The maximum Gasteiger partial charge on any atom is 0.234 e. The number of aromatic amines is 1. The lowest BCUT2D eigenvalue weighted by molar-refractivity contribution is 0.415. The monoisotopic (exact) mass is 366 g/mol. The Bertz CT molecular complexity index is 1050. The highest BCUT2D eigenvalue weighted by Crippen LogP contribution is 2.23. The molecule has 0 aliphatic heterocycles. The number of ether oxygens (including phenoxy) is 1. The highest BCUT2D eigenvalue weighted by Gasteiger charge is 2.10. The summed E-state index contributed by atoms with van der Waals surface area (Å²) < 4.78 is 7.18. The maximum absolute atomic E-state index is 5.17. The normalized spacial score (nSPS) is 11.2. The molecule has 0 fully saturated rings. The van der Waals surface area contributed by atoms with Crippen LogP contribution >= 0.6 is 11.8 Å². The summed E-state index contributed by atoms with van der Waals surface area (Å²) in [6.45, 7) is 4.03. The van der Waals surface area contributed by atoms with Gasteiger partial charge in [0.05, 0.1) is 12.8 Å². The Morgan fingerprint density at radius 1 is 1.12 bits per heavy atom. The molecule has 0 atom stereocenters. The summed E-state index contributed by atoms with van der Waals surface area (Å²) in [4.78, 5) is 13.6. The van der Waals surface area contributed by atoms with Crippen molar-refractivity contribution < 1.29 is 4.74 Å². The Hall–Kier alpha value is -2.87. The van der Waals surface area contributed by atoms with E-state index in [4.69, 9.17) is 4.74 Å². The quantitative estimate of drug-likeness (QED) is 0.545. The van der Waals surface area contributed by atoms with Gasteiger partial charge in [-0.25, -0.2) is 15.0 Å². The van der Waals surface area contributed by atoms with Gasteiger partial charge in [0.25, 0.3) is 0 Å². The van der Waals surface area contributed by atoms with Crippen LogP contribution in [0.1, 0.15) is 17.1 Å². The zero-order valence-corrected chi connectivity index (χ0v) is 15.5. The van der Waals surface area contributed by atoms with Gasteiger partial charge >= 0.3 is 0 Å². The van der Waals surface area contributed by atoms with Gasteiger partial charge in [0.15, 0.2) is 5.82 Å². The van der Waals surface area contributed by atoms with Crippen LogP contribution in [-0.2, 0) is 5.75 Å². The van der Waals surface area contributed by atoms with E-state index in [2.05, 4.69) is 32.1 Å². The van der Waals surface area contributed by atoms with Crippen LogP contribution in [0.25, 0.3) is 17.2 Å². The number of H-pyrrole nitrogens is 1. The second-order valence-electron chi connectivity index (χ2n) is 5.92. The SMILES string of the molecule is COc1ccc(-c2nc(SCc3cn4c(C)cc(C)nc4n3)n[nH]2)cc1. The van der Waals surface area contributed by atoms with Gasteiger partial charge < -0.3 is 4.74 Å². The summed E-state index contributed by atoms with van der Waals surface area (Å²) in [5, 5.41) is 7.95. The average Bonchev–Trinajstić information content (AvgIpc) is 3.27. The molecule has 0 aliphatic rings. The van der Waals surface area contributed by atoms with Crippen molar-refractivity contribution in [1.82, 2.24) is 29.5 Å². The van der Waals surface area contributed by atoms with E-state index in [0.717, 1.165) is 40.0 Å². The Kier molecular flexibility index (Phi) is 4.34. The number of rotatable bonds is 5. The first-order valence-electron chi connectivity index (χ1n) is 8.14. The van der Waals surface area contributed by atoms with Crippen molar-refractivity contribution in [2.24, 2.45) is 0 Å². The molecule has 1 N–H and O–H groups in total.